The molecule has 0 unspecified atom stereocenters. The largest absolute Gasteiger partial charge is 0.317 e. The molecule has 2 N–H and O–H groups in total. The lowest BCUT2D eigenvalue weighted by molar-refractivity contribution is 0.582. The van der Waals surface area contributed by atoms with Crippen molar-refractivity contribution in [2.24, 2.45) is 0 Å². The molecule has 0 heterocycles. The highest BCUT2D eigenvalue weighted by Gasteiger charge is 1.96. The van der Waals surface area contributed by atoms with Gasteiger partial charge in [-0.25, -0.2) is 0 Å². The molecule has 0 saturated heterocycles. The number of aryl methyl sites for hydroxylation is 2. The van der Waals surface area contributed by atoms with Gasteiger partial charge in [-0.05, 0) is 69.9 Å². The zero-order chi connectivity index (χ0) is 13.1. The summed E-state index contributed by atoms with van der Waals surface area (Å²) in [6, 6.07) is 8.68. The molecule has 1 aromatic carbocycles. The Balaban J connectivity index is 1.94. The average Bonchev–Trinajstić information content (AvgIpc) is 2.39. The Labute approximate surface area is 112 Å². The molecule has 1 aromatic rings. The second-order valence-corrected chi connectivity index (χ2v) is 4.88. The molecule has 18 heavy (non-hydrogen) atoms. The van der Waals surface area contributed by atoms with E-state index in [1.165, 1.54) is 36.8 Å². The van der Waals surface area contributed by atoms with Crippen molar-refractivity contribution in [3.05, 3.63) is 35.4 Å². The topological polar surface area (TPSA) is 24.1 Å². The molecule has 0 saturated carbocycles. The van der Waals surface area contributed by atoms with Gasteiger partial charge in [0.25, 0.3) is 0 Å². The molecular weight excluding hydrogens is 220 g/mol. The van der Waals surface area contributed by atoms with Crippen LogP contribution < -0.4 is 10.6 Å². The molecule has 0 aliphatic heterocycles. The van der Waals surface area contributed by atoms with E-state index in [1.807, 2.05) is 0 Å². The molecule has 0 bridgehead atoms. The fraction of sp³-hybridized carbons (Fsp3) is 0.625. The summed E-state index contributed by atoms with van der Waals surface area (Å²) in [5.74, 6) is 0. The van der Waals surface area contributed by atoms with Crippen LogP contribution in [0.25, 0.3) is 0 Å². The highest BCUT2D eigenvalue weighted by atomic mass is 14.9. The van der Waals surface area contributed by atoms with Crippen LogP contribution in [-0.2, 0) is 6.42 Å². The predicted molar refractivity (Wildman–Crippen MR) is 80.1 cm³/mol. The Bertz CT molecular complexity index is 310. The van der Waals surface area contributed by atoms with E-state index in [0.29, 0.717) is 0 Å². The highest BCUT2D eigenvalue weighted by Crippen LogP contribution is 2.08. The van der Waals surface area contributed by atoms with Gasteiger partial charge >= 0.3 is 0 Å². The van der Waals surface area contributed by atoms with Gasteiger partial charge in [0.05, 0.1) is 0 Å². The summed E-state index contributed by atoms with van der Waals surface area (Å²) in [5, 5.41) is 6.93. The van der Waals surface area contributed by atoms with E-state index in [4.69, 9.17) is 0 Å². The average molecular weight is 248 g/mol. The van der Waals surface area contributed by atoms with Crippen molar-refractivity contribution in [3.63, 3.8) is 0 Å². The van der Waals surface area contributed by atoms with Crippen LogP contribution in [0.1, 0.15) is 37.3 Å². The Hall–Kier alpha value is -0.860. The van der Waals surface area contributed by atoms with Crippen LogP contribution in [0.3, 0.4) is 0 Å². The van der Waals surface area contributed by atoms with Gasteiger partial charge in [0, 0.05) is 0 Å². The zero-order valence-corrected chi connectivity index (χ0v) is 12.0. The van der Waals surface area contributed by atoms with E-state index in [9.17, 15) is 0 Å². The smallest absolute Gasteiger partial charge is 0.00368 e. The first-order valence-corrected chi connectivity index (χ1v) is 7.30. The zero-order valence-electron chi connectivity index (χ0n) is 12.0. The highest BCUT2D eigenvalue weighted by molar-refractivity contribution is 5.25. The molecule has 0 aliphatic carbocycles. The lowest BCUT2D eigenvalue weighted by Gasteiger charge is -2.07. The molecule has 0 spiro atoms. The maximum atomic E-state index is 3.51. The van der Waals surface area contributed by atoms with Crippen LogP contribution in [0, 0.1) is 6.92 Å². The third kappa shape index (κ3) is 6.77. The second-order valence-electron chi connectivity index (χ2n) is 4.88. The van der Waals surface area contributed by atoms with Gasteiger partial charge in [-0.3, -0.25) is 0 Å². The first-order valence-electron chi connectivity index (χ1n) is 7.30. The van der Waals surface area contributed by atoms with Crippen LogP contribution in [0.5, 0.6) is 0 Å². The fourth-order valence-corrected chi connectivity index (χ4v) is 2.06. The van der Waals surface area contributed by atoms with Crippen LogP contribution in [0.15, 0.2) is 24.3 Å². The molecule has 0 fully saturated rings. The third-order valence-electron chi connectivity index (χ3n) is 3.19. The lowest BCUT2D eigenvalue weighted by Crippen LogP contribution is -2.23. The van der Waals surface area contributed by atoms with E-state index >= 15 is 0 Å². The number of hydrogen-bond acceptors (Lipinski definition) is 2. The molecular formula is C16H28N2. The first-order chi connectivity index (χ1) is 8.84. The van der Waals surface area contributed by atoms with Crippen molar-refractivity contribution in [1.29, 1.82) is 0 Å². The van der Waals surface area contributed by atoms with Gasteiger partial charge in [-0.15, -0.1) is 0 Å². The van der Waals surface area contributed by atoms with Gasteiger partial charge in [0.15, 0.2) is 0 Å². The van der Waals surface area contributed by atoms with Gasteiger partial charge in [-0.1, -0.05) is 31.2 Å². The normalized spacial score (nSPS) is 10.8. The van der Waals surface area contributed by atoms with Crippen molar-refractivity contribution in [3.8, 4) is 0 Å². The van der Waals surface area contributed by atoms with Gasteiger partial charge in [-0.2, -0.15) is 0 Å². The lowest BCUT2D eigenvalue weighted by atomic mass is 10.0. The predicted octanol–water partition coefficient (Wildman–Crippen LogP) is 2.91. The van der Waals surface area contributed by atoms with Gasteiger partial charge < -0.3 is 10.6 Å². The monoisotopic (exact) mass is 248 g/mol. The van der Waals surface area contributed by atoms with Crippen LogP contribution in [-0.4, -0.2) is 26.2 Å². The maximum absolute atomic E-state index is 3.51. The van der Waals surface area contributed by atoms with Crippen LogP contribution >= 0.6 is 0 Å². The van der Waals surface area contributed by atoms with E-state index in [0.717, 1.165) is 26.2 Å². The fourth-order valence-electron chi connectivity index (χ4n) is 2.06. The summed E-state index contributed by atoms with van der Waals surface area (Å²) in [7, 11) is 0. The Morgan fingerprint density at radius 2 is 1.56 bits per heavy atom. The molecule has 0 aromatic heterocycles. The molecule has 0 radical (unpaired) electrons. The van der Waals surface area contributed by atoms with E-state index in [-0.39, 0.29) is 0 Å². The minimum Gasteiger partial charge on any atom is -0.317 e. The number of nitrogens with one attached hydrogen (secondary N) is 2. The number of benzene rings is 1. The minimum absolute atomic E-state index is 1.13. The van der Waals surface area contributed by atoms with E-state index in [2.05, 4.69) is 48.7 Å². The molecule has 102 valence electrons. The van der Waals surface area contributed by atoms with E-state index in [1.54, 1.807) is 0 Å². The summed E-state index contributed by atoms with van der Waals surface area (Å²) >= 11 is 0. The molecule has 0 atom stereocenters. The SMILES string of the molecule is CCCNCCCNCCCc1ccccc1C. The van der Waals surface area contributed by atoms with Gasteiger partial charge in [0.1, 0.15) is 0 Å². The minimum atomic E-state index is 1.13. The van der Waals surface area contributed by atoms with Crippen molar-refractivity contribution in [2.75, 3.05) is 26.2 Å². The number of rotatable bonds is 10. The molecule has 2 heteroatoms. The van der Waals surface area contributed by atoms with Crippen LogP contribution in [0.2, 0.25) is 0 Å². The van der Waals surface area contributed by atoms with Crippen LogP contribution in [0.4, 0.5) is 0 Å². The summed E-state index contributed by atoms with van der Waals surface area (Å²) in [5.41, 5.74) is 2.91. The molecule has 0 aliphatic rings. The summed E-state index contributed by atoms with van der Waals surface area (Å²) in [6.45, 7) is 8.94. The molecule has 2 nitrogen and oxygen atoms in total. The maximum Gasteiger partial charge on any atom is -0.00368 e. The Morgan fingerprint density at radius 1 is 0.889 bits per heavy atom. The summed E-state index contributed by atoms with van der Waals surface area (Å²) in [4.78, 5) is 0. The second kappa shape index (κ2) is 10.1. The quantitative estimate of drug-likeness (QED) is 0.622. The third-order valence-corrected chi connectivity index (χ3v) is 3.19. The Morgan fingerprint density at radius 3 is 2.28 bits per heavy atom. The van der Waals surface area contributed by atoms with Crippen molar-refractivity contribution < 1.29 is 0 Å². The molecule has 1 rings (SSSR count). The van der Waals surface area contributed by atoms with Crippen molar-refractivity contribution in [2.45, 2.75) is 39.5 Å². The first kappa shape index (κ1) is 15.2. The summed E-state index contributed by atoms with van der Waals surface area (Å²) in [6.07, 6.45) is 4.87. The molecule has 0 amide bonds. The standard InChI is InChI=1S/C16H28N2/c1-3-11-17-13-7-14-18-12-6-10-16-9-5-4-8-15(16)2/h4-5,8-9,17-18H,3,6-7,10-14H2,1-2H3. The van der Waals surface area contributed by atoms with Crippen molar-refractivity contribution >= 4 is 0 Å². The number of hydrogen-bond donors (Lipinski definition) is 2. The summed E-state index contributed by atoms with van der Waals surface area (Å²) < 4.78 is 0. The van der Waals surface area contributed by atoms with Crippen molar-refractivity contribution in [1.82, 2.24) is 10.6 Å². The Kier molecular flexibility index (Phi) is 8.53. The van der Waals surface area contributed by atoms with E-state index < -0.39 is 0 Å². The van der Waals surface area contributed by atoms with Gasteiger partial charge in [0.2, 0.25) is 0 Å².